The third-order valence-electron chi connectivity index (χ3n) is 2.45. The van der Waals surface area contributed by atoms with Crippen molar-refractivity contribution in [2.24, 2.45) is 11.7 Å². The Bertz CT molecular complexity index is 391. The molecule has 0 aliphatic rings. The van der Waals surface area contributed by atoms with Gasteiger partial charge >= 0.3 is 6.03 Å². The highest BCUT2D eigenvalue weighted by Crippen LogP contribution is 2.06. The molecule has 5 heteroatoms. The van der Waals surface area contributed by atoms with E-state index in [0.717, 1.165) is 5.69 Å². The number of para-hydroxylation sites is 1. The van der Waals surface area contributed by atoms with Gasteiger partial charge in [-0.2, -0.15) is 0 Å². The molecule has 0 saturated heterocycles. The smallest absolute Gasteiger partial charge is 0.321 e. The van der Waals surface area contributed by atoms with Gasteiger partial charge in [0.05, 0.1) is 5.84 Å². The molecule has 1 aromatic rings. The van der Waals surface area contributed by atoms with Gasteiger partial charge in [0.1, 0.15) is 0 Å². The van der Waals surface area contributed by atoms with E-state index in [-0.39, 0.29) is 17.8 Å². The lowest BCUT2D eigenvalue weighted by atomic mass is 10.1. The van der Waals surface area contributed by atoms with Crippen LogP contribution in [0, 0.1) is 11.3 Å². The summed E-state index contributed by atoms with van der Waals surface area (Å²) >= 11 is 0. The van der Waals surface area contributed by atoms with Gasteiger partial charge in [-0.25, -0.2) is 4.79 Å². The second-order valence-corrected chi connectivity index (χ2v) is 4.03. The van der Waals surface area contributed by atoms with Gasteiger partial charge in [0.15, 0.2) is 0 Å². The second kappa shape index (κ2) is 5.89. The molecule has 1 aromatic carbocycles. The first-order valence-electron chi connectivity index (χ1n) is 5.41. The second-order valence-electron chi connectivity index (χ2n) is 4.03. The van der Waals surface area contributed by atoms with E-state index in [1.807, 2.05) is 37.3 Å². The molecule has 2 amide bonds. The Hall–Kier alpha value is -2.04. The van der Waals surface area contributed by atoms with E-state index in [4.69, 9.17) is 11.1 Å². The van der Waals surface area contributed by atoms with Crippen LogP contribution in [0.15, 0.2) is 30.3 Å². The van der Waals surface area contributed by atoms with Crippen molar-refractivity contribution in [2.45, 2.75) is 6.92 Å². The van der Waals surface area contributed by atoms with Crippen molar-refractivity contribution in [3.63, 3.8) is 0 Å². The van der Waals surface area contributed by atoms with Crippen molar-refractivity contribution < 1.29 is 4.79 Å². The molecule has 0 aromatic heterocycles. The number of carbonyl (C=O) groups is 1. The molecule has 0 spiro atoms. The Balaban J connectivity index is 2.50. The van der Waals surface area contributed by atoms with Crippen molar-refractivity contribution in [2.75, 3.05) is 18.9 Å². The molecule has 1 atom stereocenters. The van der Waals surface area contributed by atoms with E-state index in [0.29, 0.717) is 6.54 Å². The van der Waals surface area contributed by atoms with Gasteiger partial charge in [-0.15, -0.1) is 0 Å². The van der Waals surface area contributed by atoms with Gasteiger partial charge < -0.3 is 16.0 Å². The van der Waals surface area contributed by atoms with Gasteiger partial charge in [-0.05, 0) is 12.1 Å². The summed E-state index contributed by atoms with van der Waals surface area (Å²) in [5.74, 6) is -0.0501. The van der Waals surface area contributed by atoms with Crippen molar-refractivity contribution in [1.29, 1.82) is 5.41 Å². The first-order chi connectivity index (χ1) is 8.00. The van der Waals surface area contributed by atoms with E-state index >= 15 is 0 Å². The van der Waals surface area contributed by atoms with E-state index in [1.54, 1.807) is 7.05 Å². The monoisotopic (exact) mass is 234 g/mol. The number of anilines is 1. The molecule has 17 heavy (non-hydrogen) atoms. The zero-order chi connectivity index (χ0) is 12.8. The molecular formula is C12H18N4O. The number of nitrogens with two attached hydrogens (primary N) is 1. The van der Waals surface area contributed by atoms with Crippen LogP contribution in [0.5, 0.6) is 0 Å². The summed E-state index contributed by atoms with van der Waals surface area (Å²) in [5.41, 5.74) is 6.11. The number of carbonyl (C=O) groups excluding carboxylic acids is 1. The lowest BCUT2D eigenvalue weighted by Crippen LogP contribution is -2.38. The minimum absolute atomic E-state index is 0.0874. The van der Waals surface area contributed by atoms with Crippen molar-refractivity contribution in [1.82, 2.24) is 4.90 Å². The molecule has 92 valence electrons. The molecular weight excluding hydrogens is 216 g/mol. The average Bonchev–Trinajstić information content (AvgIpc) is 2.29. The van der Waals surface area contributed by atoms with Crippen molar-refractivity contribution in [3.05, 3.63) is 30.3 Å². The Morgan fingerprint density at radius 3 is 2.59 bits per heavy atom. The normalized spacial score (nSPS) is 11.6. The largest absolute Gasteiger partial charge is 0.387 e. The molecule has 1 rings (SSSR count). The maximum absolute atomic E-state index is 11.8. The molecule has 0 fully saturated rings. The third kappa shape index (κ3) is 4.14. The van der Waals surface area contributed by atoms with Crippen LogP contribution in [0.2, 0.25) is 0 Å². The standard InChI is InChI=1S/C12H18N4O/c1-9(11(13)14)8-16(2)12(17)15-10-6-4-3-5-7-10/h3-7,9H,8H2,1-2H3,(H3,13,14)(H,15,17). The fraction of sp³-hybridized carbons (Fsp3) is 0.333. The van der Waals surface area contributed by atoms with E-state index in [2.05, 4.69) is 5.32 Å². The number of rotatable bonds is 4. The van der Waals surface area contributed by atoms with Crippen LogP contribution in [0.4, 0.5) is 10.5 Å². The SMILES string of the molecule is CC(CN(C)C(=O)Nc1ccccc1)C(=N)N. The highest BCUT2D eigenvalue weighted by atomic mass is 16.2. The van der Waals surface area contributed by atoms with Crippen LogP contribution in [-0.4, -0.2) is 30.4 Å². The van der Waals surface area contributed by atoms with Crippen LogP contribution >= 0.6 is 0 Å². The Morgan fingerprint density at radius 1 is 1.47 bits per heavy atom. The predicted octanol–water partition coefficient (Wildman–Crippen LogP) is 1.72. The zero-order valence-electron chi connectivity index (χ0n) is 10.1. The molecule has 0 bridgehead atoms. The first-order valence-corrected chi connectivity index (χ1v) is 5.41. The molecule has 1 unspecified atom stereocenters. The number of hydrogen-bond donors (Lipinski definition) is 3. The maximum atomic E-state index is 11.8. The Morgan fingerprint density at radius 2 is 2.06 bits per heavy atom. The molecule has 0 aliphatic heterocycles. The summed E-state index contributed by atoms with van der Waals surface area (Å²) in [4.78, 5) is 13.3. The fourth-order valence-electron chi connectivity index (χ4n) is 1.33. The van der Waals surface area contributed by atoms with Crippen molar-refractivity contribution >= 4 is 17.6 Å². The number of benzene rings is 1. The molecule has 0 aliphatic carbocycles. The lowest BCUT2D eigenvalue weighted by Gasteiger charge is -2.21. The van der Waals surface area contributed by atoms with Gasteiger partial charge in [-0.3, -0.25) is 5.41 Å². The number of urea groups is 1. The Kier molecular flexibility index (Phi) is 4.51. The number of hydrogen-bond acceptors (Lipinski definition) is 2. The highest BCUT2D eigenvalue weighted by molar-refractivity contribution is 5.89. The van der Waals surface area contributed by atoms with Gasteiger partial charge in [0.25, 0.3) is 0 Å². The minimum Gasteiger partial charge on any atom is -0.387 e. The predicted molar refractivity (Wildman–Crippen MR) is 69.2 cm³/mol. The summed E-state index contributed by atoms with van der Waals surface area (Å²) in [6.07, 6.45) is 0. The maximum Gasteiger partial charge on any atom is 0.321 e. The summed E-state index contributed by atoms with van der Waals surface area (Å²) < 4.78 is 0. The van der Waals surface area contributed by atoms with Gasteiger partial charge in [0, 0.05) is 25.2 Å². The summed E-state index contributed by atoms with van der Waals surface area (Å²) in [5, 5.41) is 10.0. The quantitative estimate of drug-likeness (QED) is 0.547. The molecule has 4 N–H and O–H groups in total. The summed E-state index contributed by atoms with van der Waals surface area (Å²) in [6, 6.07) is 9.03. The minimum atomic E-state index is -0.204. The first kappa shape index (κ1) is 13.0. The molecule has 0 radical (unpaired) electrons. The number of nitrogens with one attached hydrogen (secondary N) is 2. The number of amidine groups is 1. The van der Waals surface area contributed by atoms with Gasteiger partial charge in [-0.1, -0.05) is 25.1 Å². The van der Waals surface area contributed by atoms with Crippen LogP contribution < -0.4 is 11.1 Å². The van der Waals surface area contributed by atoms with Crippen LogP contribution in [-0.2, 0) is 0 Å². The topological polar surface area (TPSA) is 82.2 Å². The van der Waals surface area contributed by atoms with Crippen LogP contribution in [0.25, 0.3) is 0 Å². The van der Waals surface area contributed by atoms with E-state index in [9.17, 15) is 4.79 Å². The summed E-state index contributed by atoms with van der Waals surface area (Å²) in [6.45, 7) is 2.24. The van der Waals surface area contributed by atoms with Gasteiger partial charge in [0.2, 0.25) is 0 Å². The molecule has 5 nitrogen and oxygen atoms in total. The third-order valence-corrected chi connectivity index (χ3v) is 2.45. The van der Waals surface area contributed by atoms with E-state index < -0.39 is 0 Å². The summed E-state index contributed by atoms with van der Waals surface area (Å²) in [7, 11) is 1.68. The average molecular weight is 234 g/mol. The highest BCUT2D eigenvalue weighted by Gasteiger charge is 2.13. The Labute approximate surface area is 101 Å². The fourth-order valence-corrected chi connectivity index (χ4v) is 1.33. The number of amides is 2. The molecule has 0 heterocycles. The van der Waals surface area contributed by atoms with Crippen LogP contribution in [0.1, 0.15) is 6.92 Å². The van der Waals surface area contributed by atoms with E-state index in [1.165, 1.54) is 4.90 Å². The van der Waals surface area contributed by atoms with Crippen LogP contribution in [0.3, 0.4) is 0 Å². The zero-order valence-corrected chi connectivity index (χ0v) is 10.1. The lowest BCUT2D eigenvalue weighted by molar-refractivity contribution is 0.220. The molecule has 0 saturated carbocycles. The van der Waals surface area contributed by atoms with Crippen molar-refractivity contribution in [3.8, 4) is 0 Å². The number of nitrogens with zero attached hydrogens (tertiary/aromatic N) is 1.